The number of benzene rings is 1. The summed E-state index contributed by atoms with van der Waals surface area (Å²) in [5.74, 6) is 1.31. The van der Waals surface area contributed by atoms with Crippen molar-refractivity contribution in [1.82, 2.24) is 19.7 Å². The number of nitrogens with zero attached hydrogens (tertiary/aromatic N) is 4. The highest BCUT2D eigenvalue weighted by Crippen LogP contribution is 2.40. The van der Waals surface area contributed by atoms with E-state index in [1.807, 2.05) is 49.0 Å². The highest BCUT2D eigenvalue weighted by molar-refractivity contribution is 6.05. The number of ether oxygens (including phenoxy) is 1. The Bertz CT molecular complexity index is 1020. The van der Waals surface area contributed by atoms with Crippen LogP contribution >= 0.6 is 0 Å². The molecule has 0 spiro atoms. The van der Waals surface area contributed by atoms with E-state index in [0.29, 0.717) is 24.6 Å². The van der Waals surface area contributed by atoms with Crippen LogP contribution in [0.25, 0.3) is 11.0 Å². The number of amides is 1. The van der Waals surface area contributed by atoms with E-state index in [1.54, 1.807) is 11.1 Å². The molecule has 0 radical (unpaired) electrons. The standard InChI is InChI=1S/C23H28N4O2/c1-5-29-18-10-6-16(7-11-18)14-26(4)23(28)19-12-21(17-8-9-17)25-22-20(19)13-24-27(22)15(2)3/h6-7,10-13,15,17H,5,8-9,14H2,1-4H3. The van der Waals surface area contributed by atoms with Gasteiger partial charge in [0.05, 0.1) is 23.8 Å². The van der Waals surface area contributed by atoms with Crippen molar-refractivity contribution in [3.8, 4) is 5.75 Å². The summed E-state index contributed by atoms with van der Waals surface area (Å²) >= 11 is 0. The van der Waals surface area contributed by atoms with E-state index in [2.05, 4.69) is 18.9 Å². The quantitative estimate of drug-likeness (QED) is 0.591. The van der Waals surface area contributed by atoms with E-state index >= 15 is 0 Å². The smallest absolute Gasteiger partial charge is 0.254 e. The van der Waals surface area contributed by atoms with Gasteiger partial charge < -0.3 is 9.64 Å². The molecule has 152 valence electrons. The van der Waals surface area contributed by atoms with Crippen LogP contribution in [0, 0.1) is 0 Å². The topological polar surface area (TPSA) is 60.2 Å². The molecular formula is C23H28N4O2. The first-order valence-corrected chi connectivity index (χ1v) is 10.3. The number of rotatable bonds is 7. The number of carbonyl (C=O) groups excluding carboxylic acids is 1. The molecule has 0 aliphatic heterocycles. The van der Waals surface area contributed by atoms with Gasteiger partial charge in [0, 0.05) is 31.2 Å². The summed E-state index contributed by atoms with van der Waals surface area (Å²) in [6, 6.07) is 10.1. The van der Waals surface area contributed by atoms with E-state index in [4.69, 9.17) is 9.72 Å². The summed E-state index contributed by atoms with van der Waals surface area (Å²) in [5, 5.41) is 5.32. The summed E-state index contributed by atoms with van der Waals surface area (Å²) in [7, 11) is 1.84. The first-order valence-electron chi connectivity index (χ1n) is 10.3. The zero-order valence-electron chi connectivity index (χ0n) is 17.6. The minimum absolute atomic E-state index is 0.00325. The summed E-state index contributed by atoms with van der Waals surface area (Å²) in [5.41, 5.74) is 3.58. The van der Waals surface area contributed by atoms with Gasteiger partial charge in [-0.15, -0.1) is 0 Å². The third kappa shape index (κ3) is 3.97. The molecule has 0 atom stereocenters. The van der Waals surface area contributed by atoms with Crippen molar-refractivity contribution in [3.63, 3.8) is 0 Å². The van der Waals surface area contributed by atoms with E-state index in [0.717, 1.165) is 40.9 Å². The van der Waals surface area contributed by atoms with Crippen LogP contribution in [0.3, 0.4) is 0 Å². The molecule has 1 aromatic carbocycles. The number of hydrogen-bond donors (Lipinski definition) is 0. The second-order valence-corrected chi connectivity index (χ2v) is 8.03. The molecule has 29 heavy (non-hydrogen) atoms. The number of aromatic nitrogens is 3. The predicted molar refractivity (Wildman–Crippen MR) is 113 cm³/mol. The van der Waals surface area contributed by atoms with Gasteiger partial charge in [-0.3, -0.25) is 4.79 Å². The average Bonchev–Trinajstić information content (AvgIpc) is 3.47. The molecule has 1 saturated carbocycles. The number of fused-ring (bicyclic) bond motifs is 1. The van der Waals surface area contributed by atoms with Gasteiger partial charge in [-0.05, 0) is 57.4 Å². The lowest BCUT2D eigenvalue weighted by Gasteiger charge is -2.19. The van der Waals surface area contributed by atoms with Crippen molar-refractivity contribution in [2.24, 2.45) is 0 Å². The van der Waals surface area contributed by atoms with Crippen LogP contribution in [0.5, 0.6) is 5.75 Å². The predicted octanol–water partition coefficient (Wildman–Crippen LogP) is 4.56. The number of hydrogen-bond acceptors (Lipinski definition) is 4. The SMILES string of the molecule is CCOc1ccc(CN(C)C(=O)c2cc(C3CC3)nc3c2cnn3C(C)C)cc1. The molecule has 0 N–H and O–H groups in total. The summed E-state index contributed by atoms with van der Waals surface area (Å²) in [6.07, 6.45) is 4.06. The van der Waals surface area contributed by atoms with Crippen molar-refractivity contribution < 1.29 is 9.53 Å². The van der Waals surface area contributed by atoms with Crippen LogP contribution in [0.15, 0.2) is 36.5 Å². The maximum Gasteiger partial charge on any atom is 0.254 e. The Morgan fingerprint density at radius 3 is 2.62 bits per heavy atom. The molecule has 1 fully saturated rings. The Hall–Kier alpha value is -2.89. The van der Waals surface area contributed by atoms with Crippen molar-refractivity contribution >= 4 is 16.9 Å². The second-order valence-electron chi connectivity index (χ2n) is 8.03. The van der Waals surface area contributed by atoms with Crippen LogP contribution in [0.2, 0.25) is 0 Å². The van der Waals surface area contributed by atoms with Gasteiger partial charge in [0.25, 0.3) is 5.91 Å². The van der Waals surface area contributed by atoms with Crippen molar-refractivity contribution in [1.29, 1.82) is 0 Å². The highest BCUT2D eigenvalue weighted by atomic mass is 16.5. The molecule has 1 aliphatic rings. The fourth-order valence-electron chi connectivity index (χ4n) is 3.59. The molecule has 2 heterocycles. The Balaban J connectivity index is 1.63. The third-order valence-electron chi connectivity index (χ3n) is 5.30. The highest BCUT2D eigenvalue weighted by Gasteiger charge is 2.29. The normalized spacial score (nSPS) is 13.8. The van der Waals surface area contributed by atoms with Crippen LogP contribution in [-0.2, 0) is 6.54 Å². The fourth-order valence-corrected chi connectivity index (χ4v) is 3.59. The molecule has 6 heteroatoms. The van der Waals surface area contributed by atoms with Crippen LogP contribution in [0.4, 0.5) is 0 Å². The largest absolute Gasteiger partial charge is 0.494 e. The molecule has 1 aliphatic carbocycles. The number of carbonyl (C=O) groups is 1. The first kappa shape index (κ1) is 19.4. The molecule has 0 unspecified atom stereocenters. The van der Waals surface area contributed by atoms with Crippen LogP contribution in [-0.4, -0.2) is 39.2 Å². The van der Waals surface area contributed by atoms with Crippen molar-refractivity contribution in [2.45, 2.75) is 52.1 Å². The first-order chi connectivity index (χ1) is 14.0. The van der Waals surface area contributed by atoms with E-state index in [-0.39, 0.29) is 11.9 Å². The number of pyridine rings is 1. The Labute approximate surface area is 171 Å². The Morgan fingerprint density at radius 1 is 1.28 bits per heavy atom. The van der Waals surface area contributed by atoms with Gasteiger partial charge in [0.2, 0.25) is 0 Å². The lowest BCUT2D eigenvalue weighted by atomic mass is 10.1. The lowest BCUT2D eigenvalue weighted by molar-refractivity contribution is 0.0787. The van der Waals surface area contributed by atoms with Gasteiger partial charge in [-0.2, -0.15) is 5.10 Å². The average molecular weight is 393 g/mol. The summed E-state index contributed by atoms with van der Waals surface area (Å²) < 4.78 is 7.40. The van der Waals surface area contributed by atoms with Crippen LogP contribution in [0.1, 0.15) is 67.2 Å². The van der Waals surface area contributed by atoms with Gasteiger partial charge in [0.15, 0.2) is 5.65 Å². The zero-order chi connectivity index (χ0) is 20.5. The molecule has 1 amide bonds. The van der Waals surface area contributed by atoms with Crippen LogP contribution < -0.4 is 4.74 Å². The maximum atomic E-state index is 13.3. The fraction of sp³-hybridized carbons (Fsp3) is 0.435. The van der Waals surface area contributed by atoms with E-state index in [9.17, 15) is 4.79 Å². The molecular weight excluding hydrogens is 364 g/mol. The molecule has 0 saturated heterocycles. The molecule has 2 aromatic heterocycles. The van der Waals surface area contributed by atoms with Gasteiger partial charge in [-0.1, -0.05) is 12.1 Å². The summed E-state index contributed by atoms with van der Waals surface area (Å²) in [6.45, 7) is 7.30. The molecule has 0 bridgehead atoms. The molecule has 4 rings (SSSR count). The monoisotopic (exact) mass is 392 g/mol. The summed E-state index contributed by atoms with van der Waals surface area (Å²) in [4.78, 5) is 19.9. The van der Waals surface area contributed by atoms with Gasteiger partial charge in [-0.25, -0.2) is 9.67 Å². The van der Waals surface area contributed by atoms with E-state index in [1.165, 1.54) is 0 Å². The van der Waals surface area contributed by atoms with E-state index < -0.39 is 0 Å². The molecule has 6 nitrogen and oxygen atoms in total. The van der Waals surface area contributed by atoms with Crippen molar-refractivity contribution in [3.05, 3.63) is 53.3 Å². The third-order valence-corrected chi connectivity index (χ3v) is 5.30. The lowest BCUT2D eigenvalue weighted by Crippen LogP contribution is -2.26. The Kier molecular flexibility index (Phi) is 5.26. The van der Waals surface area contributed by atoms with Gasteiger partial charge >= 0.3 is 0 Å². The zero-order valence-corrected chi connectivity index (χ0v) is 17.6. The minimum atomic E-state index is -0.00325. The Morgan fingerprint density at radius 2 is 2.00 bits per heavy atom. The molecule has 3 aromatic rings. The van der Waals surface area contributed by atoms with Gasteiger partial charge in [0.1, 0.15) is 5.75 Å². The maximum absolute atomic E-state index is 13.3. The van der Waals surface area contributed by atoms with Crippen molar-refractivity contribution in [2.75, 3.05) is 13.7 Å². The second kappa shape index (κ2) is 7.85. The minimum Gasteiger partial charge on any atom is -0.494 e.